The Morgan fingerprint density at radius 1 is 1.16 bits per heavy atom. The van der Waals surface area contributed by atoms with E-state index in [0.717, 1.165) is 11.3 Å². The number of hydrogen-bond acceptors (Lipinski definition) is 4. The van der Waals surface area contributed by atoms with Crippen molar-refractivity contribution in [1.29, 1.82) is 0 Å². The lowest BCUT2D eigenvalue weighted by Gasteiger charge is -2.15. The Labute approximate surface area is 113 Å². The molecule has 0 aliphatic rings. The normalized spacial score (nSPS) is 12.9. The van der Waals surface area contributed by atoms with Gasteiger partial charge >= 0.3 is 0 Å². The lowest BCUT2D eigenvalue weighted by molar-refractivity contribution is 0.602. The number of benzene rings is 1. The van der Waals surface area contributed by atoms with Gasteiger partial charge in [0.15, 0.2) is 9.84 Å². The number of anilines is 1. The molecule has 0 aliphatic carbocycles. The van der Waals surface area contributed by atoms with E-state index in [9.17, 15) is 8.42 Å². The van der Waals surface area contributed by atoms with Crippen LogP contribution >= 0.6 is 0 Å². The highest BCUT2D eigenvalue weighted by atomic mass is 32.2. The maximum Gasteiger partial charge on any atom is 0.175 e. The van der Waals surface area contributed by atoms with Crippen LogP contribution < -0.4 is 5.32 Å². The quantitative estimate of drug-likeness (QED) is 0.932. The van der Waals surface area contributed by atoms with Crippen LogP contribution in [0.1, 0.15) is 18.5 Å². The molecule has 19 heavy (non-hydrogen) atoms. The van der Waals surface area contributed by atoms with Gasteiger partial charge in [-0.05, 0) is 42.8 Å². The summed E-state index contributed by atoms with van der Waals surface area (Å²) in [4.78, 5) is 4.40. The molecule has 1 unspecified atom stereocenters. The van der Waals surface area contributed by atoms with Crippen LogP contribution in [0.2, 0.25) is 0 Å². The molecule has 0 saturated carbocycles. The number of nitrogens with one attached hydrogen (secondary N) is 1. The molecule has 100 valence electrons. The smallest absolute Gasteiger partial charge is 0.175 e. The predicted octanol–water partition coefficient (Wildman–Crippen LogP) is 2.66. The standard InChI is InChI=1S/C14H16N2O2S/c1-11(12-4-3-9-15-10-12)16-13-5-7-14(8-6-13)19(2,17)18/h3-11,16H,1-2H3. The first kappa shape index (κ1) is 13.5. The van der Waals surface area contributed by atoms with Crippen LogP contribution in [0.25, 0.3) is 0 Å². The first-order chi connectivity index (χ1) is 8.97. The monoisotopic (exact) mass is 276 g/mol. The molecular formula is C14H16N2O2S. The second-order valence-electron chi connectivity index (χ2n) is 4.45. The number of rotatable bonds is 4. The molecule has 2 rings (SSSR count). The Bertz CT molecular complexity index is 637. The predicted molar refractivity (Wildman–Crippen MR) is 75.8 cm³/mol. The summed E-state index contributed by atoms with van der Waals surface area (Å²) in [5.41, 5.74) is 1.96. The molecule has 1 heterocycles. The third kappa shape index (κ3) is 3.54. The summed E-state index contributed by atoms with van der Waals surface area (Å²) in [6.45, 7) is 2.03. The van der Waals surface area contributed by atoms with Crippen LogP contribution in [-0.2, 0) is 9.84 Å². The zero-order chi connectivity index (χ0) is 13.9. The van der Waals surface area contributed by atoms with Crippen molar-refractivity contribution in [3.63, 3.8) is 0 Å². The van der Waals surface area contributed by atoms with Gasteiger partial charge in [0.25, 0.3) is 0 Å². The summed E-state index contributed by atoms with van der Waals surface area (Å²) < 4.78 is 22.7. The van der Waals surface area contributed by atoms with E-state index in [2.05, 4.69) is 10.3 Å². The molecule has 0 amide bonds. The van der Waals surface area contributed by atoms with Crippen molar-refractivity contribution in [2.45, 2.75) is 17.9 Å². The summed E-state index contributed by atoms with van der Waals surface area (Å²) in [5, 5.41) is 3.30. The first-order valence-electron chi connectivity index (χ1n) is 5.93. The minimum absolute atomic E-state index is 0.109. The van der Waals surface area contributed by atoms with Crippen LogP contribution in [0.4, 0.5) is 5.69 Å². The number of sulfone groups is 1. The van der Waals surface area contributed by atoms with Gasteiger partial charge in [-0.3, -0.25) is 4.98 Å². The average molecular weight is 276 g/mol. The summed E-state index contributed by atoms with van der Waals surface area (Å²) in [7, 11) is -3.14. The molecule has 0 aliphatic heterocycles. The van der Waals surface area contributed by atoms with Crippen molar-refractivity contribution >= 4 is 15.5 Å². The fourth-order valence-corrected chi connectivity index (χ4v) is 2.39. The fraction of sp³-hybridized carbons (Fsp3) is 0.214. The highest BCUT2D eigenvalue weighted by Crippen LogP contribution is 2.20. The Hall–Kier alpha value is -1.88. The van der Waals surface area contributed by atoms with Crippen LogP contribution in [0, 0.1) is 0 Å². The van der Waals surface area contributed by atoms with Crippen LogP contribution in [-0.4, -0.2) is 19.7 Å². The molecule has 2 aromatic rings. The van der Waals surface area contributed by atoms with E-state index in [1.54, 1.807) is 30.5 Å². The molecule has 1 aromatic heterocycles. The van der Waals surface area contributed by atoms with E-state index in [4.69, 9.17) is 0 Å². The second-order valence-corrected chi connectivity index (χ2v) is 6.46. The second kappa shape index (κ2) is 5.40. The van der Waals surface area contributed by atoms with E-state index in [0.29, 0.717) is 4.90 Å². The first-order valence-corrected chi connectivity index (χ1v) is 7.82. The highest BCUT2D eigenvalue weighted by Gasteiger charge is 2.08. The number of nitrogens with zero attached hydrogens (tertiary/aromatic N) is 1. The number of pyridine rings is 1. The lowest BCUT2D eigenvalue weighted by atomic mass is 10.1. The molecule has 1 aromatic carbocycles. The molecular weight excluding hydrogens is 260 g/mol. The van der Waals surface area contributed by atoms with Crippen molar-refractivity contribution in [3.05, 3.63) is 54.4 Å². The lowest BCUT2D eigenvalue weighted by Crippen LogP contribution is -2.07. The summed E-state index contributed by atoms with van der Waals surface area (Å²) in [6, 6.07) is 10.7. The topological polar surface area (TPSA) is 59.1 Å². The van der Waals surface area contributed by atoms with Crippen LogP contribution in [0.5, 0.6) is 0 Å². The Morgan fingerprint density at radius 2 is 1.84 bits per heavy atom. The molecule has 0 bridgehead atoms. The highest BCUT2D eigenvalue weighted by molar-refractivity contribution is 7.90. The van der Waals surface area contributed by atoms with E-state index in [1.807, 2.05) is 25.3 Å². The van der Waals surface area contributed by atoms with Crippen molar-refractivity contribution in [3.8, 4) is 0 Å². The van der Waals surface area contributed by atoms with Gasteiger partial charge in [-0.1, -0.05) is 6.07 Å². The van der Waals surface area contributed by atoms with Crippen LogP contribution in [0.15, 0.2) is 53.7 Å². The SMILES string of the molecule is CC(Nc1ccc(S(C)(=O)=O)cc1)c1cccnc1. The Morgan fingerprint density at radius 3 is 2.37 bits per heavy atom. The van der Waals surface area contributed by atoms with E-state index in [-0.39, 0.29) is 6.04 Å². The van der Waals surface area contributed by atoms with E-state index in [1.165, 1.54) is 6.26 Å². The van der Waals surface area contributed by atoms with Gasteiger partial charge in [-0.2, -0.15) is 0 Å². The van der Waals surface area contributed by atoms with Gasteiger partial charge in [0, 0.05) is 24.3 Å². The largest absolute Gasteiger partial charge is 0.378 e. The van der Waals surface area contributed by atoms with Crippen molar-refractivity contribution < 1.29 is 8.42 Å². The van der Waals surface area contributed by atoms with Gasteiger partial charge < -0.3 is 5.32 Å². The van der Waals surface area contributed by atoms with E-state index >= 15 is 0 Å². The fourth-order valence-electron chi connectivity index (χ4n) is 1.76. The van der Waals surface area contributed by atoms with E-state index < -0.39 is 9.84 Å². The summed E-state index contributed by atoms with van der Waals surface area (Å²) in [5.74, 6) is 0. The molecule has 0 fully saturated rings. The van der Waals surface area contributed by atoms with Gasteiger partial charge in [0.1, 0.15) is 0 Å². The van der Waals surface area contributed by atoms with Gasteiger partial charge in [0.2, 0.25) is 0 Å². The molecule has 0 saturated heterocycles. The minimum Gasteiger partial charge on any atom is -0.378 e. The molecule has 1 N–H and O–H groups in total. The molecule has 0 radical (unpaired) electrons. The summed E-state index contributed by atoms with van der Waals surface area (Å²) in [6.07, 6.45) is 4.74. The van der Waals surface area contributed by atoms with Gasteiger partial charge in [-0.25, -0.2) is 8.42 Å². The van der Waals surface area contributed by atoms with Crippen molar-refractivity contribution in [1.82, 2.24) is 4.98 Å². The minimum atomic E-state index is -3.14. The third-order valence-corrected chi connectivity index (χ3v) is 3.98. The van der Waals surface area contributed by atoms with Crippen molar-refractivity contribution in [2.75, 3.05) is 11.6 Å². The number of aromatic nitrogens is 1. The Balaban J connectivity index is 2.12. The van der Waals surface area contributed by atoms with Gasteiger partial charge in [0.05, 0.1) is 10.9 Å². The number of hydrogen-bond donors (Lipinski definition) is 1. The van der Waals surface area contributed by atoms with Crippen molar-refractivity contribution in [2.24, 2.45) is 0 Å². The average Bonchev–Trinajstić information content (AvgIpc) is 2.39. The summed E-state index contributed by atoms with van der Waals surface area (Å²) >= 11 is 0. The molecule has 4 nitrogen and oxygen atoms in total. The Kier molecular flexibility index (Phi) is 3.85. The maximum absolute atomic E-state index is 11.4. The maximum atomic E-state index is 11.4. The molecule has 0 spiro atoms. The third-order valence-electron chi connectivity index (χ3n) is 2.85. The zero-order valence-corrected chi connectivity index (χ0v) is 11.7. The molecule has 5 heteroatoms. The van der Waals surface area contributed by atoms with Crippen LogP contribution in [0.3, 0.4) is 0 Å². The molecule has 1 atom stereocenters. The van der Waals surface area contributed by atoms with Gasteiger partial charge in [-0.15, -0.1) is 0 Å². The zero-order valence-electron chi connectivity index (χ0n) is 10.9.